The van der Waals surface area contributed by atoms with Crippen molar-refractivity contribution in [2.75, 3.05) is 36.4 Å². The first-order valence-corrected chi connectivity index (χ1v) is 13.0. The molecule has 1 saturated heterocycles. The third-order valence-corrected chi connectivity index (χ3v) is 7.12. The van der Waals surface area contributed by atoms with Crippen LogP contribution in [0.5, 0.6) is 5.88 Å². The standard InChI is InChI=1S/C28H27F3N6OS/c1-19-7-2-4-11-23(19)32-27(39)34-33-25-22-10-3-5-12-24(22)37(26(25)38)18-35-13-15-36(16-14-35)21-9-6-8-20(17-21)28(29,30)31/h2-12,17,38H,13-16,18H2,1H3,(H,32,39)/p+1. The summed E-state index contributed by atoms with van der Waals surface area (Å²) in [5, 5.41) is 23.6. The van der Waals surface area contributed by atoms with E-state index in [2.05, 4.69) is 15.5 Å². The van der Waals surface area contributed by atoms with E-state index in [9.17, 15) is 18.3 Å². The Bertz CT molecular complexity index is 1530. The highest BCUT2D eigenvalue weighted by Crippen LogP contribution is 2.38. The molecule has 3 aromatic carbocycles. The number of hydrogen-bond acceptors (Lipinski definition) is 4. The number of thiocarbonyl (C=S) groups is 1. The van der Waals surface area contributed by atoms with Crippen LogP contribution in [0.4, 0.5) is 30.2 Å². The molecule has 4 aromatic rings. The van der Waals surface area contributed by atoms with Gasteiger partial charge in [0.2, 0.25) is 11.0 Å². The molecule has 0 atom stereocenters. The maximum Gasteiger partial charge on any atom is 0.416 e. The van der Waals surface area contributed by atoms with Gasteiger partial charge in [-0.1, -0.05) is 42.5 Å². The van der Waals surface area contributed by atoms with Crippen molar-refractivity contribution in [2.45, 2.75) is 19.8 Å². The summed E-state index contributed by atoms with van der Waals surface area (Å²) in [6.07, 6.45) is -4.37. The third kappa shape index (κ3) is 5.89. The van der Waals surface area contributed by atoms with Crippen LogP contribution in [0.3, 0.4) is 0 Å². The van der Waals surface area contributed by atoms with Gasteiger partial charge < -0.3 is 20.2 Å². The fourth-order valence-corrected chi connectivity index (χ4v) is 4.97. The number of aromatic hydroxyl groups is 1. The highest BCUT2D eigenvalue weighted by atomic mass is 32.1. The van der Waals surface area contributed by atoms with E-state index in [0.29, 0.717) is 44.2 Å². The zero-order valence-electron chi connectivity index (χ0n) is 21.2. The first-order valence-electron chi connectivity index (χ1n) is 12.5. The summed E-state index contributed by atoms with van der Waals surface area (Å²) in [5.41, 5.74) is 2.92. The van der Waals surface area contributed by atoms with Crippen LogP contribution in [-0.2, 0) is 12.8 Å². The predicted octanol–water partition coefficient (Wildman–Crippen LogP) is 5.52. The molecule has 0 radical (unpaired) electrons. The maximum atomic E-state index is 13.1. The predicted molar refractivity (Wildman–Crippen MR) is 150 cm³/mol. The Kier molecular flexibility index (Phi) is 7.53. The number of hydrogen-bond donors (Lipinski definition) is 3. The lowest BCUT2D eigenvalue weighted by atomic mass is 10.1. The lowest BCUT2D eigenvalue weighted by Gasteiger charge is -2.34. The average Bonchev–Trinajstić information content (AvgIpc) is 3.19. The normalized spacial score (nSPS) is 14.8. The number of azo groups is 1. The third-order valence-electron chi connectivity index (χ3n) is 6.94. The van der Waals surface area contributed by atoms with E-state index in [0.717, 1.165) is 28.2 Å². The Hall–Kier alpha value is -3.96. The van der Waals surface area contributed by atoms with Gasteiger partial charge in [0.05, 0.1) is 37.3 Å². The van der Waals surface area contributed by atoms with Gasteiger partial charge in [0.25, 0.3) is 0 Å². The molecule has 3 N–H and O–H groups in total. The van der Waals surface area contributed by atoms with Gasteiger partial charge >= 0.3 is 6.18 Å². The minimum Gasteiger partial charge on any atom is -0.493 e. The number of para-hydroxylation sites is 2. The fraction of sp³-hybridized carbons (Fsp3) is 0.250. The average molecular weight is 554 g/mol. The van der Waals surface area contributed by atoms with E-state index in [4.69, 9.17) is 12.2 Å². The van der Waals surface area contributed by atoms with E-state index in [1.54, 1.807) is 10.6 Å². The number of piperazine rings is 1. The molecule has 5 rings (SSSR count). The Morgan fingerprint density at radius 3 is 2.49 bits per heavy atom. The second-order valence-electron chi connectivity index (χ2n) is 9.51. The number of alkyl halides is 3. The fourth-order valence-electron chi connectivity index (χ4n) is 4.82. The second kappa shape index (κ2) is 11.0. The summed E-state index contributed by atoms with van der Waals surface area (Å²) in [4.78, 5) is 3.16. The van der Waals surface area contributed by atoms with Gasteiger partial charge in [0.1, 0.15) is 0 Å². The largest absolute Gasteiger partial charge is 0.493 e. The van der Waals surface area contributed by atoms with Crippen molar-refractivity contribution in [3.63, 3.8) is 0 Å². The molecule has 0 bridgehead atoms. The number of quaternary nitrogens is 1. The molecule has 2 heterocycles. The van der Waals surface area contributed by atoms with Crippen molar-refractivity contribution in [3.8, 4) is 5.88 Å². The molecule has 0 spiro atoms. The van der Waals surface area contributed by atoms with E-state index in [1.165, 1.54) is 17.0 Å². The number of aryl methyl sites for hydroxylation is 1. The number of halogens is 3. The van der Waals surface area contributed by atoms with Gasteiger partial charge in [-0.25, -0.2) is 0 Å². The molecule has 0 aliphatic carbocycles. The molecule has 0 amide bonds. The van der Waals surface area contributed by atoms with Crippen LogP contribution < -0.4 is 15.1 Å². The van der Waals surface area contributed by atoms with Crippen molar-refractivity contribution < 1.29 is 23.2 Å². The quantitative estimate of drug-likeness (QED) is 0.225. The van der Waals surface area contributed by atoms with Crippen molar-refractivity contribution in [1.82, 2.24) is 4.57 Å². The van der Waals surface area contributed by atoms with Crippen LogP contribution in [0, 0.1) is 6.92 Å². The number of nitrogens with zero attached hydrogens (tertiary/aromatic N) is 4. The van der Waals surface area contributed by atoms with Crippen LogP contribution in [0.15, 0.2) is 83.0 Å². The molecule has 7 nitrogen and oxygen atoms in total. The molecule has 1 aliphatic rings. The lowest BCUT2D eigenvalue weighted by Crippen LogP contribution is -3.14. The molecule has 0 saturated carbocycles. The first kappa shape index (κ1) is 26.6. The van der Waals surface area contributed by atoms with Crippen molar-refractivity contribution in [2.24, 2.45) is 10.2 Å². The van der Waals surface area contributed by atoms with Crippen LogP contribution in [0.25, 0.3) is 10.9 Å². The Morgan fingerprint density at radius 1 is 1.03 bits per heavy atom. The second-order valence-corrected chi connectivity index (χ2v) is 9.89. The van der Waals surface area contributed by atoms with E-state index >= 15 is 0 Å². The molecule has 0 unspecified atom stereocenters. The van der Waals surface area contributed by atoms with E-state index in [1.807, 2.05) is 60.4 Å². The summed E-state index contributed by atoms with van der Waals surface area (Å²) in [7, 11) is 0. The molecule has 1 fully saturated rings. The van der Waals surface area contributed by atoms with Crippen LogP contribution in [0.2, 0.25) is 0 Å². The number of benzene rings is 3. The summed E-state index contributed by atoms with van der Waals surface area (Å²) in [6.45, 7) is 5.03. The molecule has 11 heteroatoms. The number of fused-ring (bicyclic) bond motifs is 1. The lowest BCUT2D eigenvalue weighted by molar-refractivity contribution is -0.923. The monoisotopic (exact) mass is 553 g/mol. The summed E-state index contributed by atoms with van der Waals surface area (Å²) in [5.74, 6) is -0.00792. The van der Waals surface area contributed by atoms with Crippen molar-refractivity contribution >= 4 is 45.3 Å². The highest BCUT2D eigenvalue weighted by molar-refractivity contribution is 7.80. The van der Waals surface area contributed by atoms with Gasteiger partial charge in [-0.15, -0.1) is 10.2 Å². The molecular formula is C28H28F3N6OS+. The SMILES string of the molecule is Cc1ccccc1NC(=S)N=Nc1c(O)n(C[NH+]2CCN(c3cccc(C(F)(F)F)c3)CC2)c2ccccc12. The summed E-state index contributed by atoms with van der Waals surface area (Å²) in [6, 6.07) is 20.7. The maximum absolute atomic E-state index is 13.1. The summed E-state index contributed by atoms with van der Waals surface area (Å²) >= 11 is 5.35. The van der Waals surface area contributed by atoms with Gasteiger partial charge in [-0.3, -0.25) is 4.57 Å². The Balaban J connectivity index is 1.30. The van der Waals surface area contributed by atoms with Crippen LogP contribution in [-0.4, -0.2) is 41.0 Å². The minimum atomic E-state index is -4.37. The summed E-state index contributed by atoms with van der Waals surface area (Å²) < 4.78 is 41.2. The molecule has 1 aromatic heterocycles. The van der Waals surface area contributed by atoms with Crippen molar-refractivity contribution in [1.29, 1.82) is 0 Å². The Morgan fingerprint density at radius 2 is 1.74 bits per heavy atom. The minimum absolute atomic E-state index is 0.00792. The van der Waals surface area contributed by atoms with E-state index < -0.39 is 11.7 Å². The molecular weight excluding hydrogens is 525 g/mol. The van der Waals surface area contributed by atoms with Crippen LogP contribution >= 0.6 is 12.2 Å². The first-order chi connectivity index (χ1) is 18.7. The Labute approximate surface area is 229 Å². The highest BCUT2D eigenvalue weighted by Gasteiger charge is 2.31. The van der Waals surface area contributed by atoms with Gasteiger partial charge in [0, 0.05) is 16.8 Å². The number of anilines is 2. The molecule has 1 aliphatic heterocycles. The molecule has 202 valence electrons. The molecule has 39 heavy (non-hydrogen) atoms. The van der Waals surface area contributed by atoms with Gasteiger partial charge in [0.15, 0.2) is 12.4 Å². The zero-order valence-corrected chi connectivity index (χ0v) is 22.1. The number of rotatable bonds is 5. The van der Waals surface area contributed by atoms with E-state index in [-0.39, 0.29) is 11.0 Å². The zero-order chi connectivity index (χ0) is 27.6. The van der Waals surface area contributed by atoms with Gasteiger partial charge in [-0.05, 0) is 55.0 Å². The number of aromatic nitrogens is 1. The topological polar surface area (TPSA) is 69.6 Å². The van der Waals surface area contributed by atoms with Crippen molar-refractivity contribution in [3.05, 3.63) is 83.9 Å². The van der Waals surface area contributed by atoms with Gasteiger partial charge in [-0.2, -0.15) is 13.2 Å². The number of nitrogens with one attached hydrogen (secondary N) is 2. The smallest absolute Gasteiger partial charge is 0.416 e. The van der Waals surface area contributed by atoms with Crippen LogP contribution in [0.1, 0.15) is 11.1 Å².